The minimum absolute atomic E-state index is 0.0123. The van der Waals surface area contributed by atoms with Crippen molar-refractivity contribution in [2.75, 3.05) is 13.2 Å². The fourth-order valence-electron chi connectivity index (χ4n) is 1.24. The Morgan fingerprint density at radius 2 is 2.20 bits per heavy atom. The zero-order valence-electron chi connectivity index (χ0n) is 9.57. The van der Waals surface area contributed by atoms with Crippen LogP contribution in [0.5, 0.6) is 0 Å². The van der Waals surface area contributed by atoms with Gasteiger partial charge in [0.2, 0.25) is 0 Å². The molecule has 84 valence electrons. The highest BCUT2D eigenvalue weighted by Crippen LogP contribution is 2.16. The third-order valence-electron chi connectivity index (χ3n) is 2.35. The van der Waals surface area contributed by atoms with E-state index < -0.39 is 5.54 Å². The third kappa shape index (κ3) is 3.25. The van der Waals surface area contributed by atoms with Gasteiger partial charge in [0.25, 0.3) is 0 Å². The summed E-state index contributed by atoms with van der Waals surface area (Å²) in [5, 5.41) is 12.7. The van der Waals surface area contributed by atoms with Gasteiger partial charge in [-0.25, -0.2) is 0 Å². The molecule has 0 aliphatic carbocycles. The maximum atomic E-state index is 9.42. The first-order valence-electron chi connectivity index (χ1n) is 5.21. The van der Waals surface area contributed by atoms with Gasteiger partial charge in [-0.15, -0.1) is 0 Å². The van der Waals surface area contributed by atoms with Gasteiger partial charge >= 0.3 is 0 Å². The van der Waals surface area contributed by atoms with E-state index in [0.717, 1.165) is 12.2 Å². The highest BCUT2D eigenvalue weighted by atomic mass is 16.3. The second-order valence-corrected chi connectivity index (χ2v) is 4.36. The van der Waals surface area contributed by atoms with E-state index in [0.29, 0.717) is 5.92 Å². The SMILES string of the molecule is CC(C)CNC(C)(CO)c1cnccn1. The van der Waals surface area contributed by atoms with Crippen LogP contribution in [0.15, 0.2) is 18.6 Å². The van der Waals surface area contributed by atoms with Gasteiger partial charge in [-0.05, 0) is 19.4 Å². The summed E-state index contributed by atoms with van der Waals surface area (Å²) in [5.74, 6) is 0.535. The molecule has 0 fully saturated rings. The molecule has 0 amide bonds. The van der Waals surface area contributed by atoms with Crippen molar-refractivity contribution in [3.05, 3.63) is 24.3 Å². The summed E-state index contributed by atoms with van der Waals surface area (Å²) in [4.78, 5) is 8.23. The van der Waals surface area contributed by atoms with Crippen LogP contribution < -0.4 is 5.32 Å². The lowest BCUT2D eigenvalue weighted by atomic mass is 9.98. The van der Waals surface area contributed by atoms with Gasteiger partial charge in [-0.2, -0.15) is 0 Å². The summed E-state index contributed by atoms with van der Waals surface area (Å²) in [7, 11) is 0. The molecule has 0 saturated carbocycles. The lowest BCUT2D eigenvalue weighted by Crippen LogP contribution is -2.45. The Labute approximate surface area is 90.8 Å². The van der Waals surface area contributed by atoms with Crippen molar-refractivity contribution in [1.29, 1.82) is 0 Å². The predicted molar refractivity (Wildman–Crippen MR) is 59.3 cm³/mol. The van der Waals surface area contributed by atoms with Crippen LogP contribution in [0.25, 0.3) is 0 Å². The fraction of sp³-hybridized carbons (Fsp3) is 0.636. The van der Waals surface area contributed by atoms with Gasteiger partial charge < -0.3 is 10.4 Å². The Morgan fingerprint density at radius 1 is 1.47 bits per heavy atom. The first-order chi connectivity index (χ1) is 7.08. The van der Waals surface area contributed by atoms with Crippen molar-refractivity contribution in [3.8, 4) is 0 Å². The standard InChI is InChI=1S/C11H19N3O/c1-9(2)6-14-11(3,8-15)10-7-12-4-5-13-10/h4-5,7,9,14-15H,6,8H2,1-3H3. The second-order valence-electron chi connectivity index (χ2n) is 4.36. The van der Waals surface area contributed by atoms with Crippen molar-refractivity contribution < 1.29 is 5.11 Å². The molecule has 4 heteroatoms. The van der Waals surface area contributed by atoms with Crippen LogP contribution in [-0.2, 0) is 5.54 Å². The van der Waals surface area contributed by atoms with E-state index in [1.54, 1.807) is 18.6 Å². The van der Waals surface area contributed by atoms with Gasteiger partial charge in [0, 0.05) is 12.4 Å². The van der Waals surface area contributed by atoms with E-state index >= 15 is 0 Å². The average Bonchev–Trinajstić information content (AvgIpc) is 2.27. The summed E-state index contributed by atoms with van der Waals surface area (Å²) in [6.45, 7) is 7.04. The molecule has 2 N–H and O–H groups in total. The highest BCUT2D eigenvalue weighted by molar-refractivity contribution is 5.10. The van der Waals surface area contributed by atoms with Gasteiger partial charge in [0.1, 0.15) is 0 Å². The number of nitrogens with one attached hydrogen (secondary N) is 1. The van der Waals surface area contributed by atoms with Crippen LogP contribution in [0.3, 0.4) is 0 Å². The lowest BCUT2D eigenvalue weighted by Gasteiger charge is -2.28. The van der Waals surface area contributed by atoms with Gasteiger partial charge in [0.15, 0.2) is 0 Å². The van der Waals surface area contributed by atoms with E-state index in [1.807, 2.05) is 6.92 Å². The van der Waals surface area contributed by atoms with Crippen LogP contribution in [0, 0.1) is 5.92 Å². The summed E-state index contributed by atoms with van der Waals surface area (Å²) >= 11 is 0. The van der Waals surface area contributed by atoms with Crippen LogP contribution in [0.1, 0.15) is 26.5 Å². The number of aliphatic hydroxyl groups is 1. The molecule has 0 aliphatic rings. The summed E-state index contributed by atoms with van der Waals surface area (Å²) in [5.41, 5.74) is 0.270. The molecule has 1 aromatic heterocycles. The van der Waals surface area contributed by atoms with Crippen molar-refractivity contribution in [2.24, 2.45) is 5.92 Å². The predicted octanol–water partition coefficient (Wildman–Crippen LogP) is 0.930. The maximum absolute atomic E-state index is 9.42. The first-order valence-corrected chi connectivity index (χ1v) is 5.21. The molecule has 1 heterocycles. The summed E-state index contributed by atoms with van der Waals surface area (Å²) in [6.07, 6.45) is 4.95. The molecule has 1 unspecified atom stereocenters. The molecular weight excluding hydrogens is 190 g/mol. The fourth-order valence-corrected chi connectivity index (χ4v) is 1.24. The highest BCUT2D eigenvalue weighted by Gasteiger charge is 2.26. The monoisotopic (exact) mass is 209 g/mol. The normalized spacial score (nSPS) is 15.3. The van der Waals surface area contributed by atoms with E-state index in [-0.39, 0.29) is 6.61 Å². The van der Waals surface area contributed by atoms with Crippen LogP contribution >= 0.6 is 0 Å². The Kier molecular flexibility index (Phi) is 4.17. The summed E-state index contributed by atoms with van der Waals surface area (Å²) < 4.78 is 0. The zero-order valence-corrected chi connectivity index (χ0v) is 9.57. The number of aromatic nitrogens is 2. The minimum atomic E-state index is -0.501. The number of hydrogen-bond acceptors (Lipinski definition) is 4. The maximum Gasteiger partial charge on any atom is 0.0829 e. The molecule has 4 nitrogen and oxygen atoms in total. The lowest BCUT2D eigenvalue weighted by molar-refractivity contribution is 0.167. The minimum Gasteiger partial charge on any atom is -0.394 e. The molecule has 0 aromatic carbocycles. The molecule has 0 saturated heterocycles. The van der Waals surface area contributed by atoms with Crippen molar-refractivity contribution in [1.82, 2.24) is 15.3 Å². The molecule has 0 bridgehead atoms. The Morgan fingerprint density at radius 3 is 2.67 bits per heavy atom. The van der Waals surface area contributed by atoms with Crippen LogP contribution in [-0.4, -0.2) is 28.2 Å². The largest absolute Gasteiger partial charge is 0.394 e. The molecule has 15 heavy (non-hydrogen) atoms. The number of aliphatic hydroxyl groups excluding tert-OH is 1. The molecule has 0 spiro atoms. The smallest absolute Gasteiger partial charge is 0.0829 e. The number of nitrogens with zero attached hydrogens (tertiary/aromatic N) is 2. The third-order valence-corrected chi connectivity index (χ3v) is 2.35. The van der Waals surface area contributed by atoms with E-state index in [2.05, 4.69) is 29.1 Å². The van der Waals surface area contributed by atoms with Gasteiger partial charge in [-0.1, -0.05) is 13.8 Å². The molecule has 1 rings (SSSR count). The Balaban J connectivity index is 2.76. The number of rotatable bonds is 5. The average molecular weight is 209 g/mol. The van der Waals surface area contributed by atoms with Crippen molar-refractivity contribution >= 4 is 0 Å². The van der Waals surface area contributed by atoms with E-state index in [9.17, 15) is 5.11 Å². The van der Waals surface area contributed by atoms with Crippen LogP contribution in [0.2, 0.25) is 0 Å². The van der Waals surface area contributed by atoms with Crippen molar-refractivity contribution in [3.63, 3.8) is 0 Å². The molecule has 0 aliphatic heterocycles. The van der Waals surface area contributed by atoms with Gasteiger partial charge in [0.05, 0.1) is 24.0 Å². The quantitative estimate of drug-likeness (QED) is 0.757. The van der Waals surface area contributed by atoms with Crippen molar-refractivity contribution in [2.45, 2.75) is 26.3 Å². The zero-order chi connectivity index (χ0) is 11.3. The Hall–Kier alpha value is -1.00. The molecular formula is C11H19N3O. The summed E-state index contributed by atoms with van der Waals surface area (Å²) in [6, 6.07) is 0. The first kappa shape index (κ1) is 12.1. The van der Waals surface area contributed by atoms with Gasteiger partial charge in [-0.3, -0.25) is 9.97 Å². The second kappa shape index (κ2) is 5.19. The molecule has 0 radical (unpaired) electrons. The topological polar surface area (TPSA) is 58.0 Å². The number of hydrogen-bond donors (Lipinski definition) is 2. The van der Waals surface area contributed by atoms with Crippen LogP contribution in [0.4, 0.5) is 0 Å². The molecule has 1 atom stereocenters. The van der Waals surface area contributed by atoms with E-state index in [1.165, 1.54) is 0 Å². The van der Waals surface area contributed by atoms with E-state index in [4.69, 9.17) is 0 Å². The Bertz CT molecular complexity index is 289. The molecule has 1 aromatic rings.